The molecule has 0 N–H and O–H groups in total. The van der Waals surface area contributed by atoms with Crippen LogP contribution in [0.5, 0.6) is 0 Å². The van der Waals surface area contributed by atoms with Crippen molar-refractivity contribution in [2.24, 2.45) is 0 Å². The van der Waals surface area contributed by atoms with Crippen molar-refractivity contribution in [3.63, 3.8) is 0 Å². The van der Waals surface area contributed by atoms with Crippen LogP contribution >= 0.6 is 0 Å². The third-order valence-corrected chi connectivity index (χ3v) is 2.28. The van der Waals surface area contributed by atoms with Crippen LogP contribution < -0.4 is 11.1 Å². The van der Waals surface area contributed by atoms with E-state index in [0.717, 1.165) is 10.8 Å². The van der Waals surface area contributed by atoms with Gasteiger partial charge in [0.1, 0.15) is 5.52 Å². The highest BCUT2D eigenvalue weighted by atomic mass is 16.2. The Hall–Kier alpha value is -2.10. The lowest BCUT2D eigenvalue weighted by Crippen LogP contribution is -2.28. The standard InChI is InChI=1S/C10H4N2O2/c13-9-10(14)12-8-6-3-1-5(6)2-4-7(8)11-9/h1-4H. The van der Waals surface area contributed by atoms with Gasteiger partial charge < -0.3 is 0 Å². The number of fused-ring (bicyclic) bond motifs is 3. The first-order valence-electron chi connectivity index (χ1n) is 4.12. The maximum absolute atomic E-state index is 11.0. The topological polar surface area (TPSA) is 59.9 Å². The molecule has 2 aromatic carbocycles. The monoisotopic (exact) mass is 184 g/mol. The van der Waals surface area contributed by atoms with E-state index in [1.165, 1.54) is 0 Å². The molecule has 0 saturated heterocycles. The molecule has 0 amide bonds. The summed E-state index contributed by atoms with van der Waals surface area (Å²) in [6.45, 7) is 0. The smallest absolute Gasteiger partial charge is 0.261 e. The second-order valence-electron chi connectivity index (χ2n) is 3.10. The van der Waals surface area contributed by atoms with Gasteiger partial charge in [-0.3, -0.25) is 9.59 Å². The van der Waals surface area contributed by atoms with Gasteiger partial charge in [-0.15, -0.1) is 0 Å². The van der Waals surface area contributed by atoms with E-state index in [1.807, 2.05) is 18.2 Å². The van der Waals surface area contributed by atoms with E-state index in [4.69, 9.17) is 0 Å². The van der Waals surface area contributed by atoms with Gasteiger partial charge in [0, 0.05) is 5.39 Å². The highest BCUT2D eigenvalue weighted by Gasteiger charge is 2.07. The number of rotatable bonds is 0. The third kappa shape index (κ3) is 0.771. The van der Waals surface area contributed by atoms with Gasteiger partial charge >= 0.3 is 11.1 Å². The molecule has 0 radical (unpaired) electrons. The Morgan fingerprint density at radius 3 is 2.29 bits per heavy atom. The maximum Gasteiger partial charge on any atom is 0.338 e. The average Bonchev–Trinajstić information content (AvgIpc) is 2.09. The van der Waals surface area contributed by atoms with Crippen molar-refractivity contribution in [3.8, 4) is 0 Å². The first-order chi connectivity index (χ1) is 6.75. The van der Waals surface area contributed by atoms with Crippen molar-refractivity contribution < 1.29 is 0 Å². The van der Waals surface area contributed by atoms with Crippen LogP contribution in [-0.4, -0.2) is 9.97 Å². The Morgan fingerprint density at radius 1 is 0.857 bits per heavy atom. The van der Waals surface area contributed by atoms with Crippen molar-refractivity contribution in [1.82, 2.24) is 9.97 Å². The predicted octanol–water partition coefficient (Wildman–Crippen LogP) is 0.379. The minimum Gasteiger partial charge on any atom is -0.261 e. The number of hydrogen-bond donors (Lipinski definition) is 0. The van der Waals surface area contributed by atoms with Crippen LogP contribution in [0.1, 0.15) is 0 Å². The molecule has 4 heteroatoms. The SMILES string of the molecule is O=c1nc2ccc3ccc3c2nc1=O. The second kappa shape index (κ2) is 2.23. The fraction of sp³-hybridized carbons (Fsp3) is 0. The molecule has 0 aliphatic heterocycles. The van der Waals surface area contributed by atoms with Crippen LogP contribution in [0.15, 0.2) is 33.9 Å². The molecule has 3 rings (SSSR count). The average molecular weight is 184 g/mol. The molecule has 0 fully saturated rings. The zero-order chi connectivity index (χ0) is 9.71. The van der Waals surface area contributed by atoms with Crippen LogP contribution in [0.4, 0.5) is 0 Å². The lowest BCUT2D eigenvalue weighted by molar-refractivity contribution is 1.15. The fourth-order valence-electron chi connectivity index (χ4n) is 1.52. The van der Waals surface area contributed by atoms with Crippen molar-refractivity contribution in [2.45, 2.75) is 0 Å². The Bertz CT molecular complexity index is 724. The summed E-state index contributed by atoms with van der Waals surface area (Å²) in [5.74, 6) is 0. The fourth-order valence-corrected chi connectivity index (χ4v) is 1.52. The molecule has 0 aliphatic carbocycles. The molecule has 14 heavy (non-hydrogen) atoms. The second-order valence-corrected chi connectivity index (χ2v) is 3.10. The summed E-state index contributed by atoms with van der Waals surface area (Å²) in [6.07, 6.45) is 0. The van der Waals surface area contributed by atoms with Crippen molar-refractivity contribution in [1.29, 1.82) is 0 Å². The van der Waals surface area contributed by atoms with Crippen molar-refractivity contribution in [3.05, 3.63) is 45.0 Å². The van der Waals surface area contributed by atoms with Gasteiger partial charge in [-0.2, -0.15) is 0 Å². The van der Waals surface area contributed by atoms with Gasteiger partial charge in [0.15, 0.2) is 0 Å². The summed E-state index contributed by atoms with van der Waals surface area (Å²) in [5.41, 5.74) is -0.570. The highest BCUT2D eigenvalue weighted by Crippen LogP contribution is 2.23. The van der Waals surface area contributed by atoms with Gasteiger partial charge in [0.05, 0.1) is 5.52 Å². The summed E-state index contributed by atoms with van der Waals surface area (Å²) < 4.78 is 0. The molecule has 1 heterocycles. The Balaban J connectivity index is 2.66. The molecule has 0 saturated carbocycles. The Labute approximate surface area is 77.5 Å². The minimum absolute atomic E-state index is 0.484. The summed E-state index contributed by atoms with van der Waals surface area (Å²) in [5, 5.41) is 1.93. The number of benzene rings is 1. The van der Waals surface area contributed by atoms with Gasteiger partial charge in [-0.1, -0.05) is 18.2 Å². The van der Waals surface area contributed by atoms with Crippen LogP contribution in [-0.2, 0) is 0 Å². The molecule has 0 atom stereocenters. The molecular formula is C10H4N2O2. The summed E-state index contributed by atoms with van der Waals surface area (Å²) >= 11 is 0. The van der Waals surface area contributed by atoms with Crippen LogP contribution in [0.2, 0.25) is 0 Å². The van der Waals surface area contributed by atoms with Gasteiger partial charge in [0.2, 0.25) is 0 Å². The molecule has 3 aromatic rings. The van der Waals surface area contributed by atoms with E-state index >= 15 is 0 Å². The quantitative estimate of drug-likeness (QED) is 0.474. The molecule has 0 aliphatic rings. The van der Waals surface area contributed by atoms with Crippen LogP contribution in [0.25, 0.3) is 21.8 Å². The van der Waals surface area contributed by atoms with E-state index in [1.54, 1.807) is 6.07 Å². The molecule has 0 bridgehead atoms. The predicted molar refractivity (Wildman–Crippen MR) is 52.0 cm³/mol. The number of nitrogens with zero attached hydrogens (tertiary/aromatic N) is 2. The number of aromatic nitrogens is 2. The maximum atomic E-state index is 11.0. The molecule has 0 spiro atoms. The highest BCUT2D eigenvalue weighted by molar-refractivity contribution is 6.06. The molecule has 66 valence electrons. The molecule has 0 unspecified atom stereocenters. The first kappa shape index (κ1) is 7.32. The molecular weight excluding hydrogens is 180 g/mol. The zero-order valence-corrected chi connectivity index (χ0v) is 7.02. The van der Waals surface area contributed by atoms with Crippen LogP contribution in [0.3, 0.4) is 0 Å². The molecule has 1 aromatic heterocycles. The Morgan fingerprint density at radius 2 is 1.57 bits per heavy atom. The molecule has 4 nitrogen and oxygen atoms in total. The summed E-state index contributed by atoms with van der Waals surface area (Å²) in [6, 6.07) is 7.34. The first-order valence-corrected chi connectivity index (χ1v) is 4.12. The lowest BCUT2D eigenvalue weighted by atomic mass is 10.1. The normalized spacial score (nSPS) is 11.4. The van der Waals surface area contributed by atoms with Gasteiger partial charge in [-0.05, 0) is 11.5 Å². The van der Waals surface area contributed by atoms with Gasteiger partial charge in [-0.25, -0.2) is 9.97 Å². The lowest BCUT2D eigenvalue weighted by Gasteiger charge is -2.02. The van der Waals surface area contributed by atoms with Gasteiger partial charge in [0.25, 0.3) is 0 Å². The van der Waals surface area contributed by atoms with Crippen molar-refractivity contribution in [2.75, 3.05) is 0 Å². The largest absolute Gasteiger partial charge is 0.338 e. The van der Waals surface area contributed by atoms with E-state index < -0.39 is 11.1 Å². The van der Waals surface area contributed by atoms with E-state index in [2.05, 4.69) is 9.97 Å². The summed E-state index contributed by atoms with van der Waals surface area (Å²) in [7, 11) is 0. The van der Waals surface area contributed by atoms with E-state index in [0.29, 0.717) is 11.0 Å². The van der Waals surface area contributed by atoms with Crippen molar-refractivity contribution >= 4 is 21.8 Å². The summed E-state index contributed by atoms with van der Waals surface area (Å²) in [4.78, 5) is 29.3. The third-order valence-electron chi connectivity index (χ3n) is 2.28. The number of hydrogen-bond acceptors (Lipinski definition) is 4. The van der Waals surface area contributed by atoms with E-state index in [9.17, 15) is 9.59 Å². The zero-order valence-electron chi connectivity index (χ0n) is 7.02. The Kier molecular flexibility index (Phi) is 1.16. The van der Waals surface area contributed by atoms with Crippen LogP contribution in [0, 0.1) is 0 Å². The minimum atomic E-state index is -0.791. The van der Waals surface area contributed by atoms with E-state index in [-0.39, 0.29) is 0 Å².